The molecule has 0 amide bonds. The smallest absolute Gasteiger partial charge is 0.330 e. The van der Waals surface area contributed by atoms with Crippen molar-refractivity contribution in [2.24, 2.45) is 5.92 Å². The van der Waals surface area contributed by atoms with Crippen molar-refractivity contribution in [2.45, 2.75) is 32.1 Å². The van der Waals surface area contributed by atoms with Crippen LogP contribution in [0, 0.1) is 5.92 Å². The van der Waals surface area contributed by atoms with Crippen LogP contribution in [0.1, 0.15) is 32.1 Å². The largest absolute Gasteiger partial charge is 0.466 e. The van der Waals surface area contributed by atoms with Crippen LogP contribution in [0.4, 0.5) is 0 Å². The standard InChI is InChI=1S/C12H18O2/c1-14-12(13)10-6-5-9-11-7-3-2-4-8-11/h5-6,9-11H,2-4,7-8H2,1H3/b9-5?,10-6+. The van der Waals surface area contributed by atoms with E-state index >= 15 is 0 Å². The van der Waals surface area contributed by atoms with Gasteiger partial charge in [0.2, 0.25) is 0 Å². The fourth-order valence-electron chi connectivity index (χ4n) is 1.75. The van der Waals surface area contributed by atoms with Gasteiger partial charge in [-0.3, -0.25) is 0 Å². The van der Waals surface area contributed by atoms with Gasteiger partial charge in [0.15, 0.2) is 0 Å². The molecular weight excluding hydrogens is 176 g/mol. The molecule has 0 bridgehead atoms. The van der Waals surface area contributed by atoms with E-state index in [0.717, 1.165) is 0 Å². The van der Waals surface area contributed by atoms with Crippen LogP contribution in [0.2, 0.25) is 0 Å². The summed E-state index contributed by atoms with van der Waals surface area (Å²) in [6, 6.07) is 0. The number of carbonyl (C=O) groups excluding carboxylic acids is 1. The van der Waals surface area contributed by atoms with Gasteiger partial charge in [-0.25, -0.2) is 4.79 Å². The molecule has 0 atom stereocenters. The summed E-state index contributed by atoms with van der Waals surface area (Å²) in [4.78, 5) is 10.7. The van der Waals surface area contributed by atoms with Gasteiger partial charge in [0.05, 0.1) is 7.11 Å². The Morgan fingerprint density at radius 2 is 1.93 bits per heavy atom. The lowest BCUT2D eigenvalue weighted by Gasteiger charge is -2.17. The van der Waals surface area contributed by atoms with Crippen LogP contribution in [-0.4, -0.2) is 13.1 Å². The first-order valence-corrected chi connectivity index (χ1v) is 5.26. The molecule has 2 heteroatoms. The second-order valence-electron chi connectivity index (χ2n) is 3.67. The molecule has 0 aromatic heterocycles. The molecule has 0 heterocycles. The molecule has 1 aliphatic carbocycles. The van der Waals surface area contributed by atoms with Gasteiger partial charge < -0.3 is 4.74 Å². The highest BCUT2D eigenvalue weighted by Crippen LogP contribution is 2.24. The van der Waals surface area contributed by atoms with E-state index in [1.54, 1.807) is 6.08 Å². The maximum Gasteiger partial charge on any atom is 0.330 e. The summed E-state index contributed by atoms with van der Waals surface area (Å²) in [5, 5.41) is 0. The highest BCUT2D eigenvalue weighted by Gasteiger charge is 2.08. The Bertz CT molecular complexity index is 222. The van der Waals surface area contributed by atoms with E-state index in [4.69, 9.17) is 0 Å². The van der Waals surface area contributed by atoms with Crippen molar-refractivity contribution in [1.29, 1.82) is 0 Å². The summed E-state index contributed by atoms with van der Waals surface area (Å²) in [7, 11) is 1.39. The second-order valence-corrected chi connectivity index (χ2v) is 3.67. The minimum absolute atomic E-state index is 0.293. The third-order valence-corrected chi connectivity index (χ3v) is 2.58. The molecule has 0 aromatic rings. The Balaban J connectivity index is 2.24. The minimum atomic E-state index is -0.293. The predicted octanol–water partition coefficient (Wildman–Crippen LogP) is 2.85. The number of methoxy groups -OCH3 is 1. The molecule has 0 spiro atoms. The van der Waals surface area contributed by atoms with Gasteiger partial charge in [-0.05, 0) is 18.8 Å². The highest BCUT2D eigenvalue weighted by atomic mass is 16.5. The first-order chi connectivity index (χ1) is 6.83. The van der Waals surface area contributed by atoms with Crippen LogP contribution in [0.3, 0.4) is 0 Å². The lowest BCUT2D eigenvalue weighted by molar-refractivity contribution is -0.134. The molecule has 0 aliphatic heterocycles. The molecule has 1 fully saturated rings. The fraction of sp³-hybridized carbons (Fsp3) is 0.583. The average Bonchev–Trinajstić information content (AvgIpc) is 2.25. The first kappa shape index (κ1) is 11.0. The van der Waals surface area contributed by atoms with Gasteiger partial charge >= 0.3 is 5.97 Å². The van der Waals surface area contributed by atoms with Crippen molar-refractivity contribution in [1.82, 2.24) is 0 Å². The minimum Gasteiger partial charge on any atom is -0.466 e. The zero-order chi connectivity index (χ0) is 10.2. The van der Waals surface area contributed by atoms with Crippen molar-refractivity contribution in [3.05, 3.63) is 24.3 Å². The predicted molar refractivity (Wildman–Crippen MR) is 56.9 cm³/mol. The van der Waals surface area contributed by atoms with Crippen LogP contribution in [0.25, 0.3) is 0 Å². The Morgan fingerprint density at radius 1 is 1.21 bits per heavy atom. The number of allylic oxidation sites excluding steroid dienone is 3. The van der Waals surface area contributed by atoms with Crippen molar-refractivity contribution >= 4 is 5.97 Å². The van der Waals surface area contributed by atoms with Gasteiger partial charge in [0, 0.05) is 6.08 Å². The molecule has 0 aromatic carbocycles. The van der Waals surface area contributed by atoms with Crippen molar-refractivity contribution in [2.75, 3.05) is 7.11 Å². The van der Waals surface area contributed by atoms with E-state index in [0.29, 0.717) is 5.92 Å². The zero-order valence-electron chi connectivity index (χ0n) is 8.74. The maximum atomic E-state index is 10.7. The molecule has 0 N–H and O–H groups in total. The van der Waals surface area contributed by atoms with Crippen LogP contribution < -0.4 is 0 Å². The number of hydrogen-bond acceptors (Lipinski definition) is 2. The summed E-state index contributed by atoms with van der Waals surface area (Å²) in [6.07, 6.45) is 14.0. The lowest BCUT2D eigenvalue weighted by atomic mass is 9.89. The molecule has 78 valence electrons. The van der Waals surface area contributed by atoms with E-state index in [2.05, 4.69) is 10.8 Å². The van der Waals surface area contributed by atoms with Crippen molar-refractivity contribution < 1.29 is 9.53 Å². The van der Waals surface area contributed by atoms with E-state index in [1.807, 2.05) is 6.08 Å². The van der Waals surface area contributed by atoms with Gasteiger partial charge in [0.1, 0.15) is 0 Å². The monoisotopic (exact) mass is 194 g/mol. The fourth-order valence-corrected chi connectivity index (χ4v) is 1.75. The summed E-state index contributed by atoms with van der Waals surface area (Å²) in [5.74, 6) is 0.421. The maximum absolute atomic E-state index is 10.7. The molecule has 0 unspecified atom stereocenters. The topological polar surface area (TPSA) is 26.3 Å². The Labute approximate surface area is 85.6 Å². The Hall–Kier alpha value is -1.05. The summed E-state index contributed by atoms with van der Waals surface area (Å²) in [5.41, 5.74) is 0. The lowest BCUT2D eigenvalue weighted by Crippen LogP contribution is -2.02. The van der Waals surface area contributed by atoms with E-state index in [-0.39, 0.29) is 5.97 Å². The number of esters is 1. The molecule has 2 nitrogen and oxygen atoms in total. The van der Waals surface area contributed by atoms with E-state index in [1.165, 1.54) is 45.3 Å². The second kappa shape index (κ2) is 6.41. The first-order valence-electron chi connectivity index (χ1n) is 5.26. The SMILES string of the molecule is COC(=O)/C=C/C=CC1CCCCC1. The quantitative estimate of drug-likeness (QED) is 0.392. The van der Waals surface area contributed by atoms with Gasteiger partial charge in [0.25, 0.3) is 0 Å². The highest BCUT2D eigenvalue weighted by molar-refractivity contribution is 5.82. The van der Waals surface area contributed by atoms with E-state index in [9.17, 15) is 4.79 Å². The molecule has 14 heavy (non-hydrogen) atoms. The van der Waals surface area contributed by atoms with Crippen LogP contribution in [0.15, 0.2) is 24.3 Å². The normalized spacial score (nSPS) is 19.2. The third kappa shape index (κ3) is 4.26. The Morgan fingerprint density at radius 3 is 2.57 bits per heavy atom. The molecule has 0 radical (unpaired) electrons. The summed E-state index contributed by atoms with van der Waals surface area (Å²) in [6.45, 7) is 0. The van der Waals surface area contributed by atoms with Crippen LogP contribution in [-0.2, 0) is 9.53 Å². The van der Waals surface area contributed by atoms with E-state index < -0.39 is 0 Å². The van der Waals surface area contributed by atoms with Crippen molar-refractivity contribution in [3.63, 3.8) is 0 Å². The molecular formula is C12H18O2. The molecule has 1 rings (SSSR count). The number of carbonyl (C=O) groups is 1. The van der Waals surface area contributed by atoms with Crippen molar-refractivity contribution in [3.8, 4) is 0 Å². The van der Waals surface area contributed by atoms with Crippen LogP contribution >= 0.6 is 0 Å². The Kier molecular flexibility index (Phi) is 5.05. The summed E-state index contributed by atoms with van der Waals surface area (Å²) >= 11 is 0. The number of hydrogen-bond donors (Lipinski definition) is 0. The third-order valence-electron chi connectivity index (χ3n) is 2.58. The van der Waals surface area contributed by atoms with Gasteiger partial charge in [-0.1, -0.05) is 37.5 Å². The molecule has 1 aliphatic rings. The molecule has 0 saturated heterocycles. The summed E-state index contributed by atoms with van der Waals surface area (Å²) < 4.78 is 4.48. The molecule has 1 saturated carbocycles. The van der Waals surface area contributed by atoms with Gasteiger partial charge in [-0.15, -0.1) is 0 Å². The number of rotatable bonds is 3. The van der Waals surface area contributed by atoms with Gasteiger partial charge in [-0.2, -0.15) is 0 Å². The average molecular weight is 194 g/mol. The zero-order valence-corrected chi connectivity index (χ0v) is 8.74. The van der Waals surface area contributed by atoms with Crippen LogP contribution in [0.5, 0.6) is 0 Å². The number of ether oxygens (including phenoxy) is 1.